The molecule has 0 aliphatic rings. The Morgan fingerprint density at radius 3 is 2.36 bits per heavy atom. The summed E-state index contributed by atoms with van der Waals surface area (Å²) in [7, 11) is -0.153. The number of tetrazole rings is 1. The van der Waals surface area contributed by atoms with Crippen LogP contribution < -0.4 is 0 Å². The normalized spacial score (nSPS) is 16.6. The second kappa shape index (κ2) is 12.3. The molecule has 0 N–H and O–H groups in total. The van der Waals surface area contributed by atoms with Gasteiger partial charge in [-0.2, -0.15) is 4.68 Å². The molecule has 4 atom stereocenters. The average Bonchev–Trinajstić information content (AvgIpc) is 3.24. The van der Waals surface area contributed by atoms with Gasteiger partial charge in [-0.25, -0.2) is 0 Å². The Kier molecular flexibility index (Phi) is 10.3. The quantitative estimate of drug-likeness (QED) is 0.195. The van der Waals surface area contributed by atoms with Gasteiger partial charge in [0, 0.05) is 18.8 Å². The van der Waals surface area contributed by atoms with Crippen LogP contribution in [0.5, 0.6) is 0 Å². The summed E-state index contributed by atoms with van der Waals surface area (Å²) in [4.78, 5) is 0. The van der Waals surface area contributed by atoms with Crippen molar-refractivity contribution in [1.82, 2.24) is 20.2 Å². The minimum atomic E-state index is -1.94. The molecule has 8 heteroatoms. The van der Waals surface area contributed by atoms with E-state index in [2.05, 4.69) is 82.3 Å². The van der Waals surface area contributed by atoms with Crippen molar-refractivity contribution in [2.24, 2.45) is 11.8 Å². The lowest BCUT2D eigenvalue weighted by Crippen LogP contribution is -2.45. The highest BCUT2D eigenvalue weighted by Gasteiger charge is 2.39. The molecule has 0 unspecified atom stereocenters. The van der Waals surface area contributed by atoms with Gasteiger partial charge in [-0.15, -0.1) is 5.10 Å². The molecule has 184 valence electrons. The SMILES string of the molecule is CC[C@H](OC)[C@@H](C)/C=C/[C@H](O[Si](C)(C)C(C)(C)C)[C@@H](C)CSc1nnnn1-c1ccccc1. The van der Waals surface area contributed by atoms with Crippen molar-refractivity contribution in [2.45, 2.75) is 83.5 Å². The van der Waals surface area contributed by atoms with E-state index in [0.29, 0.717) is 5.92 Å². The van der Waals surface area contributed by atoms with Crippen LogP contribution in [0.4, 0.5) is 0 Å². The Morgan fingerprint density at radius 1 is 1.12 bits per heavy atom. The largest absolute Gasteiger partial charge is 0.410 e. The van der Waals surface area contributed by atoms with Crippen molar-refractivity contribution in [3.63, 3.8) is 0 Å². The summed E-state index contributed by atoms with van der Waals surface area (Å²) in [6, 6.07) is 10.00. The number of nitrogens with zero attached hydrogens (tertiary/aromatic N) is 4. The summed E-state index contributed by atoms with van der Waals surface area (Å²) in [6.45, 7) is 18.1. The van der Waals surface area contributed by atoms with Gasteiger partial charge >= 0.3 is 0 Å². The fourth-order valence-electron chi connectivity index (χ4n) is 3.32. The van der Waals surface area contributed by atoms with E-state index in [-0.39, 0.29) is 23.2 Å². The van der Waals surface area contributed by atoms with Crippen molar-refractivity contribution in [3.8, 4) is 5.69 Å². The fraction of sp³-hybridized carbons (Fsp3) is 0.640. The van der Waals surface area contributed by atoms with Crippen LogP contribution in [0, 0.1) is 11.8 Å². The maximum absolute atomic E-state index is 6.89. The third-order valence-electron chi connectivity index (χ3n) is 6.61. The molecular weight excluding hydrogens is 448 g/mol. The lowest BCUT2D eigenvalue weighted by Gasteiger charge is -2.40. The number of hydrogen-bond donors (Lipinski definition) is 0. The number of hydrogen-bond acceptors (Lipinski definition) is 6. The van der Waals surface area contributed by atoms with E-state index in [1.54, 1.807) is 23.6 Å². The highest BCUT2D eigenvalue weighted by Crippen LogP contribution is 2.39. The lowest BCUT2D eigenvalue weighted by molar-refractivity contribution is 0.0707. The fourth-order valence-corrected chi connectivity index (χ4v) is 5.63. The van der Waals surface area contributed by atoms with E-state index in [4.69, 9.17) is 9.16 Å². The predicted octanol–water partition coefficient (Wildman–Crippen LogP) is 6.40. The van der Waals surface area contributed by atoms with Crippen LogP contribution in [0.25, 0.3) is 5.69 Å². The maximum atomic E-state index is 6.89. The van der Waals surface area contributed by atoms with Crippen molar-refractivity contribution in [1.29, 1.82) is 0 Å². The molecule has 1 heterocycles. The Balaban J connectivity index is 2.18. The number of aromatic nitrogens is 4. The highest BCUT2D eigenvalue weighted by atomic mass is 32.2. The number of ether oxygens (including phenoxy) is 1. The van der Waals surface area contributed by atoms with Crippen molar-refractivity contribution < 1.29 is 9.16 Å². The van der Waals surface area contributed by atoms with Gasteiger partial charge in [0.15, 0.2) is 8.32 Å². The molecule has 0 bridgehead atoms. The molecule has 0 aliphatic carbocycles. The van der Waals surface area contributed by atoms with Crippen molar-refractivity contribution in [3.05, 3.63) is 42.5 Å². The number of thioether (sulfide) groups is 1. The standard InChI is InChI=1S/C25H42N4O2SSi/c1-10-22(30-7)19(2)16-17-23(31-33(8,9)25(4,5)6)20(3)18-32-24-26-27-28-29(24)21-14-12-11-13-15-21/h11-17,19-20,22-23H,10,18H2,1-9H3/b17-16+/t19-,20-,22-,23-/m0/s1. The molecule has 2 rings (SSSR count). The third kappa shape index (κ3) is 7.77. The molecule has 0 aliphatic heterocycles. The Bertz CT molecular complexity index is 863. The first-order valence-electron chi connectivity index (χ1n) is 11.9. The molecule has 0 fully saturated rings. The Morgan fingerprint density at radius 2 is 1.79 bits per heavy atom. The van der Waals surface area contributed by atoms with Crippen LogP contribution in [0.15, 0.2) is 47.6 Å². The maximum Gasteiger partial charge on any atom is 0.214 e. The molecule has 0 saturated carbocycles. The number of benzene rings is 1. The van der Waals surface area contributed by atoms with Gasteiger partial charge < -0.3 is 9.16 Å². The minimum absolute atomic E-state index is 0.0243. The summed E-state index contributed by atoms with van der Waals surface area (Å²) in [5.74, 6) is 1.47. The molecule has 1 aromatic heterocycles. The van der Waals surface area contributed by atoms with Crippen LogP contribution in [-0.2, 0) is 9.16 Å². The van der Waals surface area contributed by atoms with Crippen LogP contribution in [-0.4, -0.2) is 53.6 Å². The molecule has 2 aromatic rings. The summed E-state index contributed by atoms with van der Waals surface area (Å²) in [6.07, 6.45) is 5.76. The summed E-state index contributed by atoms with van der Waals surface area (Å²) >= 11 is 1.67. The second-order valence-corrected chi connectivity index (χ2v) is 16.0. The molecule has 0 amide bonds. The van der Waals surface area contributed by atoms with Crippen molar-refractivity contribution in [2.75, 3.05) is 12.9 Å². The molecule has 0 radical (unpaired) electrons. The zero-order chi connectivity index (χ0) is 24.6. The molecule has 0 saturated heterocycles. The monoisotopic (exact) mass is 490 g/mol. The van der Waals surface area contributed by atoms with E-state index in [9.17, 15) is 0 Å². The third-order valence-corrected chi connectivity index (χ3v) is 12.3. The van der Waals surface area contributed by atoms with Gasteiger partial charge in [0.1, 0.15) is 0 Å². The van der Waals surface area contributed by atoms with Crippen LogP contribution in [0.1, 0.15) is 48.0 Å². The lowest BCUT2D eigenvalue weighted by atomic mass is 9.99. The van der Waals surface area contributed by atoms with Gasteiger partial charge in [0.2, 0.25) is 5.16 Å². The Hall–Kier alpha value is -1.48. The van der Waals surface area contributed by atoms with Gasteiger partial charge in [0.25, 0.3) is 0 Å². The Labute approximate surface area is 205 Å². The van der Waals surface area contributed by atoms with E-state index < -0.39 is 8.32 Å². The average molecular weight is 491 g/mol. The number of rotatable bonds is 12. The van der Waals surface area contributed by atoms with E-state index >= 15 is 0 Å². The number of methoxy groups -OCH3 is 1. The molecule has 33 heavy (non-hydrogen) atoms. The van der Waals surface area contributed by atoms with Crippen LogP contribution in [0.2, 0.25) is 18.1 Å². The van der Waals surface area contributed by atoms with Gasteiger partial charge in [-0.1, -0.05) is 83.7 Å². The zero-order valence-corrected chi connectivity index (χ0v) is 23.6. The van der Waals surface area contributed by atoms with E-state index in [1.165, 1.54) is 0 Å². The topological polar surface area (TPSA) is 62.1 Å². The summed E-state index contributed by atoms with van der Waals surface area (Å²) in [5.41, 5.74) is 0.964. The minimum Gasteiger partial charge on any atom is -0.410 e. The first kappa shape index (κ1) is 27.8. The molecule has 6 nitrogen and oxygen atoms in total. The van der Waals surface area contributed by atoms with Crippen LogP contribution >= 0.6 is 11.8 Å². The molecule has 1 aromatic carbocycles. The van der Waals surface area contributed by atoms with Gasteiger partial charge in [-0.3, -0.25) is 0 Å². The summed E-state index contributed by atoms with van der Waals surface area (Å²) < 4.78 is 14.3. The van der Waals surface area contributed by atoms with Crippen LogP contribution in [0.3, 0.4) is 0 Å². The molecular formula is C25H42N4O2SSi. The van der Waals surface area contributed by atoms with E-state index in [0.717, 1.165) is 23.0 Å². The van der Waals surface area contributed by atoms with E-state index in [1.807, 2.05) is 30.3 Å². The molecule has 0 spiro atoms. The smallest absolute Gasteiger partial charge is 0.214 e. The zero-order valence-electron chi connectivity index (χ0n) is 21.8. The first-order valence-corrected chi connectivity index (χ1v) is 15.7. The van der Waals surface area contributed by atoms with Gasteiger partial charge in [-0.05, 0) is 53.0 Å². The number of para-hydroxylation sites is 1. The van der Waals surface area contributed by atoms with Gasteiger partial charge in [0.05, 0.1) is 17.9 Å². The second-order valence-electron chi connectivity index (χ2n) is 10.3. The summed E-state index contributed by atoms with van der Waals surface area (Å²) in [5, 5.41) is 13.3. The van der Waals surface area contributed by atoms with Crippen molar-refractivity contribution >= 4 is 20.1 Å². The highest BCUT2D eigenvalue weighted by molar-refractivity contribution is 7.99. The predicted molar refractivity (Wildman–Crippen MR) is 141 cm³/mol. The first-order chi connectivity index (χ1) is 15.5.